The van der Waals surface area contributed by atoms with Gasteiger partial charge in [-0.2, -0.15) is 0 Å². The second kappa shape index (κ2) is 4.04. The molecule has 76 valence electrons. The minimum Gasteiger partial charge on any atom is -0.424 e. The molecule has 0 saturated heterocycles. The van der Waals surface area contributed by atoms with Crippen LogP contribution in [0.5, 0.6) is 11.8 Å². The molecule has 0 spiro atoms. The van der Waals surface area contributed by atoms with Crippen molar-refractivity contribution in [1.82, 2.24) is 9.97 Å². The molecule has 0 radical (unpaired) electrons. The first kappa shape index (κ1) is 9.58. The monoisotopic (exact) mass is 204 g/mol. The van der Waals surface area contributed by atoms with Crippen molar-refractivity contribution in [3.05, 3.63) is 48.0 Å². The number of aromatic nitrogens is 2. The van der Waals surface area contributed by atoms with Crippen LogP contribution in [-0.4, -0.2) is 9.97 Å². The Labute approximate surface area is 86.6 Å². The largest absolute Gasteiger partial charge is 0.424 e. The molecule has 2 rings (SSSR count). The molecule has 0 aliphatic heterocycles. The summed E-state index contributed by atoms with van der Waals surface area (Å²) in [4.78, 5) is 7.89. The lowest BCUT2D eigenvalue weighted by Crippen LogP contribution is -1.91. The van der Waals surface area contributed by atoms with E-state index in [2.05, 4.69) is 9.97 Å². The van der Waals surface area contributed by atoms with Crippen LogP contribution in [0.15, 0.2) is 36.7 Å². The number of aryl methyl sites for hydroxylation is 1. The zero-order valence-corrected chi connectivity index (χ0v) is 8.14. The lowest BCUT2D eigenvalue weighted by atomic mass is 10.3. The van der Waals surface area contributed by atoms with Crippen LogP contribution in [0.3, 0.4) is 0 Å². The maximum atomic E-state index is 12.8. The number of hydrogen-bond acceptors (Lipinski definition) is 3. The number of rotatable bonds is 2. The minimum absolute atomic E-state index is 0.214. The third-order valence-electron chi connectivity index (χ3n) is 1.76. The molecule has 1 aromatic heterocycles. The molecule has 0 amide bonds. The highest BCUT2D eigenvalue weighted by atomic mass is 19.1. The van der Waals surface area contributed by atoms with Crippen molar-refractivity contribution < 1.29 is 9.13 Å². The SMILES string of the molecule is Cc1cnc(Oc2cccc(F)c2)nc1. The van der Waals surface area contributed by atoms with Crippen molar-refractivity contribution in [1.29, 1.82) is 0 Å². The van der Waals surface area contributed by atoms with Crippen LogP contribution < -0.4 is 4.74 Å². The zero-order chi connectivity index (χ0) is 10.7. The van der Waals surface area contributed by atoms with Crippen molar-refractivity contribution >= 4 is 0 Å². The maximum absolute atomic E-state index is 12.8. The predicted molar refractivity (Wildman–Crippen MR) is 53.2 cm³/mol. The van der Waals surface area contributed by atoms with Crippen LogP contribution in [0.2, 0.25) is 0 Å². The Morgan fingerprint density at radius 2 is 1.93 bits per heavy atom. The first-order valence-electron chi connectivity index (χ1n) is 4.46. The molecular formula is C11H9FN2O. The molecule has 2 aromatic rings. The fourth-order valence-corrected chi connectivity index (χ4v) is 1.07. The summed E-state index contributed by atoms with van der Waals surface area (Å²) in [5.41, 5.74) is 0.946. The van der Waals surface area contributed by atoms with Gasteiger partial charge in [0.15, 0.2) is 0 Å². The van der Waals surface area contributed by atoms with Gasteiger partial charge in [0, 0.05) is 18.5 Å². The van der Waals surface area contributed by atoms with E-state index in [9.17, 15) is 4.39 Å². The van der Waals surface area contributed by atoms with Crippen molar-refractivity contribution in [2.75, 3.05) is 0 Å². The van der Waals surface area contributed by atoms with Gasteiger partial charge in [-0.3, -0.25) is 0 Å². The van der Waals surface area contributed by atoms with Gasteiger partial charge < -0.3 is 4.74 Å². The third kappa shape index (κ3) is 2.49. The van der Waals surface area contributed by atoms with Gasteiger partial charge in [0.25, 0.3) is 0 Å². The molecule has 0 saturated carbocycles. The second-order valence-electron chi connectivity index (χ2n) is 3.10. The summed E-state index contributed by atoms with van der Waals surface area (Å²) < 4.78 is 18.1. The summed E-state index contributed by atoms with van der Waals surface area (Å²) >= 11 is 0. The van der Waals surface area contributed by atoms with Gasteiger partial charge in [-0.1, -0.05) is 6.07 Å². The summed E-state index contributed by atoms with van der Waals surface area (Å²) in [6, 6.07) is 6.06. The summed E-state index contributed by atoms with van der Waals surface area (Å²) in [5.74, 6) is 0.0402. The number of ether oxygens (including phenoxy) is 1. The second-order valence-corrected chi connectivity index (χ2v) is 3.10. The van der Waals surface area contributed by atoms with Gasteiger partial charge in [-0.05, 0) is 24.6 Å². The maximum Gasteiger partial charge on any atom is 0.321 e. The van der Waals surface area contributed by atoms with Crippen molar-refractivity contribution in [2.24, 2.45) is 0 Å². The Kier molecular flexibility index (Phi) is 2.58. The van der Waals surface area contributed by atoms with Crippen molar-refractivity contribution in [3.63, 3.8) is 0 Å². The molecular weight excluding hydrogens is 195 g/mol. The van der Waals surface area contributed by atoms with Crippen LogP contribution in [0, 0.1) is 12.7 Å². The molecule has 3 nitrogen and oxygen atoms in total. The van der Waals surface area contributed by atoms with E-state index in [0.717, 1.165) is 5.56 Å². The molecule has 0 fully saturated rings. The van der Waals surface area contributed by atoms with Gasteiger partial charge >= 0.3 is 6.01 Å². The molecule has 15 heavy (non-hydrogen) atoms. The van der Waals surface area contributed by atoms with Gasteiger partial charge in [-0.25, -0.2) is 14.4 Å². The van der Waals surface area contributed by atoms with Gasteiger partial charge in [0.2, 0.25) is 0 Å². The van der Waals surface area contributed by atoms with Crippen LogP contribution in [-0.2, 0) is 0 Å². The smallest absolute Gasteiger partial charge is 0.321 e. The van der Waals surface area contributed by atoms with Crippen LogP contribution in [0.4, 0.5) is 4.39 Å². The summed E-state index contributed by atoms with van der Waals surface area (Å²) in [5, 5.41) is 0. The Morgan fingerprint density at radius 1 is 1.20 bits per heavy atom. The molecule has 0 atom stereocenters. The molecule has 1 heterocycles. The molecule has 0 aliphatic rings. The molecule has 1 aromatic carbocycles. The first-order chi connectivity index (χ1) is 7.24. The van der Waals surface area contributed by atoms with E-state index in [1.807, 2.05) is 6.92 Å². The number of halogens is 1. The van der Waals surface area contributed by atoms with E-state index >= 15 is 0 Å². The van der Waals surface area contributed by atoms with E-state index in [1.165, 1.54) is 12.1 Å². The summed E-state index contributed by atoms with van der Waals surface area (Å²) in [7, 11) is 0. The van der Waals surface area contributed by atoms with E-state index in [-0.39, 0.29) is 11.8 Å². The lowest BCUT2D eigenvalue weighted by Gasteiger charge is -2.02. The number of nitrogens with zero attached hydrogens (tertiary/aromatic N) is 2. The Balaban J connectivity index is 2.18. The van der Waals surface area contributed by atoms with E-state index in [4.69, 9.17) is 4.74 Å². The van der Waals surface area contributed by atoms with Crippen LogP contribution in [0.1, 0.15) is 5.56 Å². The number of benzene rings is 1. The molecule has 0 bridgehead atoms. The first-order valence-corrected chi connectivity index (χ1v) is 4.46. The highest BCUT2D eigenvalue weighted by molar-refractivity contribution is 5.25. The standard InChI is InChI=1S/C11H9FN2O/c1-8-6-13-11(14-7-8)15-10-4-2-3-9(12)5-10/h2-7H,1H3. The lowest BCUT2D eigenvalue weighted by molar-refractivity contribution is 0.437. The Bertz CT molecular complexity index is 456. The number of hydrogen-bond donors (Lipinski definition) is 0. The van der Waals surface area contributed by atoms with Gasteiger partial charge in [-0.15, -0.1) is 0 Å². The van der Waals surface area contributed by atoms with E-state index in [1.54, 1.807) is 24.5 Å². The quantitative estimate of drug-likeness (QED) is 0.754. The van der Waals surface area contributed by atoms with E-state index < -0.39 is 0 Å². The predicted octanol–water partition coefficient (Wildman–Crippen LogP) is 2.72. The molecule has 4 heteroatoms. The molecule has 0 aliphatic carbocycles. The zero-order valence-electron chi connectivity index (χ0n) is 8.14. The van der Waals surface area contributed by atoms with Crippen molar-refractivity contribution in [2.45, 2.75) is 6.92 Å². The third-order valence-corrected chi connectivity index (χ3v) is 1.76. The minimum atomic E-state index is -0.348. The molecule has 0 unspecified atom stereocenters. The van der Waals surface area contributed by atoms with Gasteiger partial charge in [0.05, 0.1) is 0 Å². The normalized spacial score (nSPS) is 10.0. The fraction of sp³-hybridized carbons (Fsp3) is 0.0909. The topological polar surface area (TPSA) is 35.0 Å². The summed E-state index contributed by atoms with van der Waals surface area (Å²) in [6.45, 7) is 1.88. The van der Waals surface area contributed by atoms with Crippen molar-refractivity contribution in [3.8, 4) is 11.8 Å². The van der Waals surface area contributed by atoms with Gasteiger partial charge in [0.1, 0.15) is 11.6 Å². The average molecular weight is 204 g/mol. The average Bonchev–Trinajstić information content (AvgIpc) is 2.22. The summed E-state index contributed by atoms with van der Waals surface area (Å²) in [6.07, 6.45) is 3.28. The Morgan fingerprint density at radius 3 is 2.60 bits per heavy atom. The highest BCUT2D eigenvalue weighted by Crippen LogP contribution is 2.17. The van der Waals surface area contributed by atoms with Crippen LogP contribution in [0.25, 0.3) is 0 Å². The van der Waals surface area contributed by atoms with E-state index in [0.29, 0.717) is 5.75 Å². The molecule has 0 N–H and O–H groups in total. The highest BCUT2D eigenvalue weighted by Gasteiger charge is 2.00. The fourth-order valence-electron chi connectivity index (χ4n) is 1.07. The Hall–Kier alpha value is -1.97. The van der Waals surface area contributed by atoms with Crippen LogP contribution >= 0.6 is 0 Å².